The predicted molar refractivity (Wildman–Crippen MR) is 90.5 cm³/mol. The molecule has 1 fully saturated rings. The summed E-state index contributed by atoms with van der Waals surface area (Å²) in [7, 11) is 0. The van der Waals surface area contributed by atoms with Gasteiger partial charge in [-0.1, -0.05) is 18.2 Å². The fraction of sp³-hybridized carbons (Fsp3) is 0.222. The summed E-state index contributed by atoms with van der Waals surface area (Å²) in [6.45, 7) is 3.35. The van der Waals surface area contributed by atoms with Crippen LogP contribution in [0, 0.1) is 0 Å². The van der Waals surface area contributed by atoms with Crippen LogP contribution in [0.3, 0.4) is 0 Å². The molecule has 0 spiro atoms. The summed E-state index contributed by atoms with van der Waals surface area (Å²) in [5.41, 5.74) is 4.69. The number of carbonyl (C=O) groups excluding carboxylic acids is 1. The van der Waals surface area contributed by atoms with Crippen molar-refractivity contribution in [2.45, 2.75) is 0 Å². The van der Waals surface area contributed by atoms with Crippen LogP contribution in [0.1, 0.15) is 0 Å². The maximum Gasteiger partial charge on any atom is 0.209 e. The number of benzene rings is 1. The summed E-state index contributed by atoms with van der Waals surface area (Å²) < 4.78 is 2.03. The highest BCUT2D eigenvalue weighted by molar-refractivity contribution is 5.80. The Labute approximate surface area is 134 Å². The number of nitrogens with zero attached hydrogens (tertiary/aromatic N) is 4. The number of amides is 1. The third-order valence-electron chi connectivity index (χ3n) is 4.46. The van der Waals surface area contributed by atoms with Crippen molar-refractivity contribution in [3.8, 4) is 11.1 Å². The molecule has 2 aromatic heterocycles. The smallest absolute Gasteiger partial charge is 0.209 e. The Hall–Kier alpha value is -2.82. The Bertz CT molecular complexity index is 816. The van der Waals surface area contributed by atoms with Crippen LogP contribution < -0.4 is 4.90 Å². The minimum absolute atomic E-state index is 0.792. The number of carbonyl (C=O) groups is 1. The van der Waals surface area contributed by atoms with E-state index in [2.05, 4.69) is 40.2 Å². The highest BCUT2D eigenvalue weighted by Gasteiger charge is 2.15. The molecule has 1 aliphatic rings. The zero-order valence-corrected chi connectivity index (χ0v) is 12.8. The number of imidazole rings is 1. The van der Waals surface area contributed by atoms with Gasteiger partial charge >= 0.3 is 0 Å². The molecule has 5 nitrogen and oxygen atoms in total. The third-order valence-corrected chi connectivity index (χ3v) is 4.46. The molecule has 1 amide bonds. The maximum atomic E-state index is 10.8. The van der Waals surface area contributed by atoms with E-state index in [4.69, 9.17) is 0 Å². The Morgan fingerprint density at radius 3 is 2.52 bits per heavy atom. The molecule has 0 atom stereocenters. The number of rotatable bonds is 3. The van der Waals surface area contributed by atoms with Gasteiger partial charge in [-0.2, -0.15) is 0 Å². The lowest BCUT2D eigenvalue weighted by atomic mass is 10.1. The molecule has 5 heteroatoms. The van der Waals surface area contributed by atoms with Crippen LogP contribution in [0.25, 0.3) is 16.6 Å². The van der Waals surface area contributed by atoms with Gasteiger partial charge in [0.05, 0.1) is 18.0 Å². The second-order valence-corrected chi connectivity index (χ2v) is 5.78. The van der Waals surface area contributed by atoms with Crippen molar-refractivity contribution in [1.29, 1.82) is 0 Å². The summed E-state index contributed by atoms with van der Waals surface area (Å²) in [4.78, 5) is 19.2. The molecular formula is C18H18N4O. The molecular weight excluding hydrogens is 288 g/mol. The molecule has 0 unspecified atom stereocenters. The van der Waals surface area contributed by atoms with E-state index in [0.717, 1.165) is 38.1 Å². The molecule has 0 bridgehead atoms. The van der Waals surface area contributed by atoms with E-state index in [1.807, 2.05) is 34.1 Å². The monoisotopic (exact) mass is 306 g/mol. The number of hydrogen-bond donors (Lipinski definition) is 0. The number of piperazine rings is 1. The van der Waals surface area contributed by atoms with Gasteiger partial charge in [0.15, 0.2) is 0 Å². The molecule has 23 heavy (non-hydrogen) atoms. The first-order chi connectivity index (χ1) is 11.3. The first kappa shape index (κ1) is 13.8. The number of aromatic nitrogens is 2. The van der Waals surface area contributed by atoms with Crippen molar-refractivity contribution in [2.75, 3.05) is 31.1 Å². The van der Waals surface area contributed by atoms with E-state index >= 15 is 0 Å². The van der Waals surface area contributed by atoms with E-state index in [-0.39, 0.29) is 0 Å². The van der Waals surface area contributed by atoms with Crippen LogP contribution in [0.15, 0.2) is 55.1 Å². The second kappa shape index (κ2) is 5.76. The minimum Gasteiger partial charge on any atom is -0.368 e. The van der Waals surface area contributed by atoms with Crippen molar-refractivity contribution in [3.63, 3.8) is 0 Å². The Morgan fingerprint density at radius 2 is 1.78 bits per heavy atom. The van der Waals surface area contributed by atoms with E-state index in [1.165, 1.54) is 16.8 Å². The Morgan fingerprint density at radius 1 is 1.00 bits per heavy atom. The lowest BCUT2D eigenvalue weighted by Crippen LogP contribution is -2.45. The molecule has 0 radical (unpaired) electrons. The van der Waals surface area contributed by atoms with Crippen LogP contribution in [-0.2, 0) is 4.79 Å². The van der Waals surface area contributed by atoms with Crippen molar-refractivity contribution >= 4 is 17.6 Å². The Balaban J connectivity index is 1.59. The average Bonchev–Trinajstić information content (AvgIpc) is 3.11. The molecule has 1 aromatic carbocycles. The maximum absolute atomic E-state index is 10.8. The van der Waals surface area contributed by atoms with Crippen LogP contribution in [-0.4, -0.2) is 46.9 Å². The summed E-state index contributed by atoms with van der Waals surface area (Å²) >= 11 is 0. The fourth-order valence-corrected chi connectivity index (χ4v) is 3.13. The number of pyridine rings is 1. The summed E-state index contributed by atoms with van der Waals surface area (Å²) in [5.74, 6) is 0. The van der Waals surface area contributed by atoms with Crippen LogP contribution in [0.5, 0.6) is 0 Å². The van der Waals surface area contributed by atoms with Gasteiger partial charge in [-0.3, -0.25) is 4.79 Å². The summed E-state index contributed by atoms with van der Waals surface area (Å²) in [5, 5.41) is 0. The first-order valence-corrected chi connectivity index (χ1v) is 7.80. The van der Waals surface area contributed by atoms with Gasteiger partial charge in [0, 0.05) is 43.6 Å². The zero-order valence-electron chi connectivity index (χ0n) is 12.8. The number of anilines is 1. The van der Waals surface area contributed by atoms with Gasteiger partial charge in [0.1, 0.15) is 0 Å². The molecule has 0 saturated carbocycles. The Kier molecular flexibility index (Phi) is 3.46. The summed E-state index contributed by atoms with van der Waals surface area (Å²) in [6.07, 6.45) is 6.65. The SMILES string of the molecule is O=CN1CCN(c2ccc(-c3cccn4cncc34)cc2)CC1. The van der Waals surface area contributed by atoms with Crippen LogP contribution in [0.4, 0.5) is 5.69 Å². The van der Waals surface area contributed by atoms with Gasteiger partial charge in [-0.25, -0.2) is 4.98 Å². The van der Waals surface area contributed by atoms with Crippen LogP contribution in [0.2, 0.25) is 0 Å². The molecule has 3 aromatic rings. The van der Waals surface area contributed by atoms with Crippen molar-refractivity contribution in [1.82, 2.24) is 14.3 Å². The first-order valence-electron chi connectivity index (χ1n) is 7.80. The standard InChI is InChI=1S/C18H18N4O/c23-14-20-8-10-21(11-9-20)16-5-3-15(4-6-16)17-2-1-7-22-13-19-12-18(17)22/h1-7,12-14H,8-11H2. The van der Waals surface area contributed by atoms with Crippen molar-refractivity contribution in [3.05, 3.63) is 55.1 Å². The van der Waals surface area contributed by atoms with E-state index in [0.29, 0.717) is 0 Å². The predicted octanol–water partition coefficient (Wildman–Crippen LogP) is 2.28. The van der Waals surface area contributed by atoms with E-state index in [9.17, 15) is 4.79 Å². The quantitative estimate of drug-likeness (QED) is 0.697. The highest BCUT2D eigenvalue weighted by atomic mass is 16.1. The average molecular weight is 306 g/mol. The lowest BCUT2D eigenvalue weighted by molar-refractivity contribution is -0.118. The molecule has 1 aliphatic heterocycles. The second-order valence-electron chi connectivity index (χ2n) is 5.78. The lowest BCUT2D eigenvalue weighted by Gasteiger charge is -2.34. The molecule has 116 valence electrons. The van der Waals surface area contributed by atoms with Crippen molar-refractivity contribution < 1.29 is 4.79 Å². The zero-order chi connectivity index (χ0) is 15.6. The van der Waals surface area contributed by atoms with E-state index < -0.39 is 0 Å². The van der Waals surface area contributed by atoms with Gasteiger partial charge in [-0.15, -0.1) is 0 Å². The summed E-state index contributed by atoms with van der Waals surface area (Å²) in [6, 6.07) is 12.8. The van der Waals surface area contributed by atoms with Crippen LogP contribution >= 0.6 is 0 Å². The minimum atomic E-state index is 0.792. The highest BCUT2D eigenvalue weighted by Crippen LogP contribution is 2.27. The largest absolute Gasteiger partial charge is 0.368 e. The topological polar surface area (TPSA) is 40.9 Å². The van der Waals surface area contributed by atoms with Gasteiger partial charge < -0.3 is 14.2 Å². The van der Waals surface area contributed by atoms with Gasteiger partial charge in [-0.05, 0) is 23.8 Å². The molecule has 1 saturated heterocycles. The number of hydrogen-bond acceptors (Lipinski definition) is 3. The molecule has 0 N–H and O–H groups in total. The van der Waals surface area contributed by atoms with Gasteiger partial charge in [0.2, 0.25) is 6.41 Å². The molecule has 3 heterocycles. The van der Waals surface area contributed by atoms with E-state index in [1.54, 1.807) is 0 Å². The fourth-order valence-electron chi connectivity index (χ4n) is 3.13. The normalized spacial score (nSPS) is 15.1. The third kappa shape index (κ3) is 2.54. The van der Waals surface area contributed by atoms with Gasteiger partial charge in [0.25, 0.3) is 0 Å². The molecule has 4 rings (SSSR count). The van der Waals surface area contributed by atoms with Crippen molar-refractivity contribution in [2.24, 2.45) is 0 Å². The molecule has 0 aliphatic carbocycles. The number of fused-ring (bicyclic) bond motifs is 1.